The number of nitro benzene ring substituents is 1. The van der Waals surface area contributed by atoms with Gasteiger partial charge in [0.05, 0.1) is 21.9 Å². The van der Waals surface area contributed by atoms with E-state index in [1.54, 1.807) is 24.3 Å². The van der Waals surface area contributed by atoms with Gasteiger partial charge in [-0.05, 0) is 24.3 Å². The van der Waals surface area contributed by atoms with Gasteiger partial charge in [0.1, 0.15) is 5.70 Å². The lowest BCUT2D eigenvalue weighted by Gasteiger charge is -2.33. The number of carbonyl (C=O) groups is 1. The number of fused-ring (bicyclic) bond motifs is 3. The first kappa shape index (κ1) is 20.5. The van der Waals surface area contributed by atoms with Crippen LogP contribution in [-0.4, -0.2) is 33.6 Å². The molecule has 5 rings (SSSR count). The Kier molecular flexibility index (Phi) is 5.10. The molecule has 2 aromatic rings. The van der Waals surface area contributed by atoms with Crippen LogP contribution in [0.15, 0.2) is 57.6 Å². The number of nitrogens with zero attached hydrogens (tertiary/aromatic N) is 4. The predicted octanol–water partition coefficient (Wildman–Crippen LogP) is 2.15. The monoisotopic (exact) mass is 515 g/mol. The summed E-state index contributed by atoms with van der Waals surface area (Å²) in [7, 11) is 0. The Morgan fingerprint density at radius 3 is 2.88 bits per heavy atom. The molecule has 0 saturated carbocycles. The molecule has 10 nitrogen and oxygen atoms in total. The minimum atomic E-state index is -0.959. The van der Waals surface area contributed by atoms with E-state index in [4.69, 9.17) is 14.5 Å². The first-order chi connectivity index (χ1) is 15.5. The zero-order valence-corrected chi connectivity index (χ0v) is 18.7. The van der Waals surface area contributed by atoms with Crippen LogP contribution in [-0.2, 0) is 4.79 Å². The van der Waals surface area contributed by atoms with E-state index >= 15 is 0 Å². The van der Waals surface area contributed by atoms with Crippen molar-refractivity contribution < 1.29 is 19.2 Å². The molecule has 1 amide bonds. The van der Waals surface area contributed by atoms with E-state index in [1.807, 2.05) is 0 Å². The van der Waals surface area contributed by atoms with Gasteiger partial charge in [0.2, 0.25) is 6.79 Å². The molecule has 2 aromatic carbocycles. The van der Waals surface area contributed by atoms with Crippen molar-refractivity contribution in [3.63, 3.8) is 0 Å². The molecule has 0 saturated heterocycles. The second-order valence-corrected chi connectivity index (χ2v) is 8.76. The molecule has 3 aliphatic heterocycles. The minimum Gasteiger partial charge on any atom is -0.454 e. The summed E-state index contributed by atoms with van der Waals surface area (Å²) < 4.78 is 11.5. The maximum atomic E-state index is 13.1. The average Bonchev–Trinajstić information content (AvgIpc) is 3.23. The smallest absolute Gasteiger partial charge is 0.280 e. The fourth-order valence-corrected chi connectivity index (χ4v) is 4.52. The van der Waals surface area contributed by atoms with Crippen molar-refractivity contribution in [1.82, 2.24) is 10.3 Å². The van der Waals surface area contributed by atoms with Gasteiger partial charge in [-0.3, -0.25) is 25.2 Å². The Hall–Kier alpha value is -3.38. The highest BCUT2D eigenvalue weighted by Crippen LogP contribution is 2.43. The van der Waals surface area contributed by atoms with Gasteiger partial charge in [-0.15, -0.1) is 11.7 Å². The lowest BCUT2D eigenvalue weighted by Crippen LogP contribution is -2.50. The van der Waals surface area contributed by atoms with Crippen LogP contribution in [0.25, 0.3) is 5.70 Å². The van der Waals surface area contributed by atoms with Gasteiger partial charge in [0, 0.05) is 15.4 Å². The third-order valence-electron chi connectivity index (χ3n) is 4.90. The zero-order valence-electron chi connectivity index (χ0n) is 16.3. The van der Waals surface area contributed by atoms with Crippen LogP contribution in [0, 0.1) is 10.1 Å². The van der Waals surface area contributed by atoms with Crippen LogP contribution < -0.4 is 25.4 Å². The van der Waals surface area contributed by atoms with Gasteiger partial charge in [0.15, 0.2) is 22.8 Å². The molecule has 0 aromatic heterocycles. The Labute approximate surface area is 193 Å². The highest BCUT2D eigenvalue weighted by atomic mass is 79.9. The molecule has 0 spiro atoms. The molecule has 3 heterocycles. The van der Waals surface area contributed by atoms with Gasteiger partial charge < -0.3 is 9.47 Å². The summed E-state index contributed by atoms with van der Waals surface area (Å²) in [5, 5.41) is 22.1. The number of nitrogens with one attached hydrogen (secondary N) is 1. The molecule has 3 aliphatic rings. The summed E-state index contributed by atoms with van der Waals surface area (Å²) in [4.78, 5) is 29.2. The second kappa shape index (κ2) is 7.95. The summed E-state index contributed by atoms with van der Waals surface area (Å²) in [5.41, 5.74) is 0.275. The number of carbonyl (C=O) groups excluding carboxylic acids is 1. The van der Waals surface area contributed by atoms with E-state index in [0.29, 0.717) is 27.2 Å². The van der Waals surface area contributed by atoms with Gasteiger partial charge in [0.25, 0.3) is 11.6 Å². The Bertz CT molecular complexity index is 1340. The number of hydrogen-bond acceptors (Lipinski definition) is 9. The number of hydrogen-bond donors (Lipinski definition) is 1. The van der Waals surface area contributed by atoms with E-state index in [1.165, 1.54) is 28.9 Å². The number of amides is 1. The molecule has 0 fully saturated rings. The molecular formula is C20H14BrN5O5S. The fraction of sp³-hybridized carbons (Fsp3) is 0.150. The first-order valence-electron chi connectivity index (χ1n) is 9.35. The van der Waals surface area contributed by atoms with Crippen LogP contribution in [0.5, 0.6) is 11.5 Å². The van der Waals surface area contributed by atoms with Gasteiger partial charge in [-0.25, -0.2) is 5.01 Å². The molecule has 0 aliphatic carbocycles. The van der Waals surface area contributed by atoms with E-state index in [9.17, 15) is 14.9 Å². The number of hydrazone groups is 1. The lowest BCUT2D eigenvalue weighted by molar-refractivity contribution is -0.386. The predicted molar refractivity (Wildman–Crippen MR) is 120 cm³/mol. The van der Waals surface area contributed by atoms with Crippen molar-refractivity contribution in [2.24, 2.45) is 10.1 Å². The lowest BCUT2D eigenvalue weighted by atomic mass is 10.1. The molecule has 1 atom stereocenters. The Morgan fingerprint density at radius 1 is 1.34 bits per heavy atom. The van der Waals surface area contributed by atoms with Gasteiger partial charge in [-0.1, -0.05) is 33.8 Å². The van der Waals surface area contributed by atoms with Crippen molar-refractivity contribution in [2.75, 3.05) is 12.5 Å². The maximum Gasteiger partial charge on any atom is 0.280 e. The van der Waals surface area contributed by atoms with Crippen molar-refractivity contribution in [2.45, 2.75) is 6.17 Å². The molecule has 12 heteroatoms. The number of amidine groups is 1. The third kappa shape index (κ3) is 3.41. The second-order valence-electron chi connectivity index (χ2n) is 6.84. The largest absolute Gasteiger partial charge is 0.454 e. The summed E-state index contributed by atoms with van der Waals surface area (Å²) in [5.74, 6) is 0.799. The Balaban J connectivity index is 1.76. The number of ether oxygens (including phenoxy) is 2. The van der Waals surface area contributed by atoms with Crippen molar-refractivity contribution in [1.29, 1.82) is 0 Å². The molecule has 0 bridgehead atoms. The SMILES string of the molecule is C=CCSC1=NN2C(=c3cc(Br)ccc3=NC2c2cc3c(cc2[N+](=O)[O-])OCO3)C(=O)N1. The third-order valence-corrected chi connectivity index (χ3v) is 6.26. The molecule has 1 N–H and O–H groups in total. The normalized spacial score (nSPS) is 18.2. The van der Waals surface area contributed by atoms with Gasteiger partial charge in [-0.2, -0.15) is 0 Å². The highest BCUT2D eigenvalue weighted by Gasteiger charge is 2.38. The molecule has 32 heavy (non-hydrogen) atoms. The van der Waals surface area contributed by atoms with Crippen LogP contribution in [0.4, 0.5) is 5.69 Å². The first-order valence-corrected chi connectivity index (χ1v) is 11.1. The fourth-order valence-electron chi connectivity index (χ4n) is 3.57. The summed E-state index contributed by atoms with van der Waals surface area (Å²) in [6.07, 6.45) is 0.727. The van der Waals surface area contributed by atoms with E-state index in [-0.39, 0.29) is 35.4 Å². The summed E-state index contributed by atoms with van der Waals surface area (Å²) in [6.45, 7) is 3.65. The van der Waals surface area contributed by atoms with Crippen molar-refractivity contribution >= 4 is 50.2 Å². The standard InChI is InChI=1S/C20H14BrN5O5S/c1-2-5-32-20-23-19(27)17-11-6-10(21)3-4-13(11)22-18(25(17)24-20)12-7-15-16(31-9-30-15)8-14(12)26(28)29/h2-4,6-8,18H,1,5,9H2,(H,23,24,27). The number of rotatable bonds is 4. The number of benzene rings is 2. The Morgan fingerprint density at radius 2 is 2.12 bits per heavy atom. The summed E-state index contributed by atoms with van der Waals surface area (Å²) in [6, 6.07) is 8.13. The molecule has 1 unspecified atom stereocenters. The zero-order chi connectivity index (χ0) is 22.4. The van der Waals surface area contributed by atoms with Gasteiger partial charge >= 0.3 is 0 Å². The topological polar surface area (TPSA) is 119 Å². The van der Waals surface area contributed by atoms with Crippen LogP contribution in [0.2, 0.25) is 0 Å². The molecule has 0 radical (unpaired) electrons. The number of halogens is 1. The van der Waals surface area contributed by atoms with E-state index in [0.717, 1.165) is 4.47 Å². The minimum absolute atomic E-state index is 0.0292. The van der Waals surface area contributed by atoms with Crippen LogP contribution >= 0.6 is 27.7 Å². The van der Waals surface area contributed by atoms with Crippen LogP contribution in [0.3, 0.4) is 0 Å². The van der Waals surface area contributed by atoms with Crippen LogP contribution in [0.1, 0.15) is 11.7 Å². The highest BCUT2D eigenvalue weighted by molar-refractivity contribution is 9.10. The van der Waals surface area contributed by atoms with E-state index < -0.39 is 11.1 Å². The van der Waals surface area contributed by atoms with Crippen molar-refractivity contribution in [3.8, 4) is 11.5 Å². The number of nitro groups is 1. The average molecular weight is 516 g/mol. The van der Waals surface area contributed by atoms with E-state index in [2.05, 4.69) is 32.9 Å². The number of thioether (sulfide) groups is 1. The summed E-state index contributed by atoms with van der Waals surface area (Å²) >= 11 is 4.71. The molecular weight excluding hydrogens is 502 g/mol. The maximum absolute atomic E-state index is 13.1. The van der Waals surface area contributed by atoms with Crippen molar-refractivity contribution in [3.05, 3.63) is 73.7 Å². The molecule has 162 valence electrons. The quantitative estimate of drug-likeness (QED) is 0.376.